The van der Waals surface area contributed by atoms with E-state index in [2.05, 4.69) is 11.8 Å². The maximum Gasteiger partial charge on any atom is 0.0593 e. The van der Waals surface area contributed by atoms with Crippen molar-refractivity contribution in [2.75, 3.05) is 26.3 Å². The topological polar surface area (TPSA) is 32.7 Å². The van der Waals surface area contributed by atoms with Crippen molar-refractivity contribution in [2.45, 2.75) is 70.4 Å². The van der Waals surface area contributed by atoms with Gasteiger partial charge >= 0.3 is 0 Å². The first-order chi connectivity index (χ1) is 9.33. The molecule has 3 atom stereocenters. The Labute approximate surface area is 118 Å². The number of aliphatic hydroxyl groups excluding tert-OH is 1. The molecule has 19 heavy (non-hydrogen) atoms. The van der Waals surface area contributed by atoms with E-state index in [1.54, 1.807) is 0 Å². The lowest BCUT2D eigenvalue weighted by atomic mass is 9.88. The van der Waals surface area contributed by atoms with E-state index in [-0.39, 0.29) is 6.10 Å². The van der Waals surface area contributed by atoms with E-state index in [0.717, 1.165) is 26.2 Å². The van der Waals surface area contributed by atoms with Crippen LogP contribution in [0.5, 0.6) is 0 Å². The fraction of sp³-hybridized carbons (Fsp3) is 1.00. The zero-order valence-electron chi connectivity index (χ0n) is 12.5. The van der Waals surface area contributed by atoms with Gasteiger partial charge in [0.25, 0.3) is 0 Å². The van der Waals surface area contributed by atoms with Crippen LogP contribution in [-0.4, -0.2) is 48.5 Å². The van der Waals surface area contributed by atoms with Crippen LogP contribution in [0.4, 0.5) is 0 Å². The summed E-state index contributed by atoms with van der Waals surface area (Å²) in [7, 11) is 0. The minimum absolute atomic E-state index is 0.0494. The van der Waals surface area contributed by atoms with Crippen molar-refractivity contribution in [1.82, 2.24) is 4.90 Å². The van der Waals surface area contributed by atoms with Crippen LogP contribution in [0.1, 0.15) is 58.3 Å². The number of aliphatic hydroxyl groups is 1. The van der Waals surface area contributed by atoms with Crippen LogP contribution in [0.15, 0.2) is 0 Å². The predicted octanol–water partition coefficient (Wildman–Crippen LogP) is 2.82. The van der Waals surface area contributed by atoms with Crippen molar-refractivity contribution in [1.29, 1.82) is 0 Å². The van der Waals surface area contributed by atoms with Crippen molar-refractivity contribution in [3.05, 3.63) is 0 Å². The minimum Gasteiger partial charge on any atom is -0.393 e. The van der Waals surface area contributed by atoms with Crippen molar-refractivity contribution in [2.24, 2.45) is 5.92 Å². The van der Waals surface area contributed by atoms with E-state index in [1.807, 2.05) is 0 Å². The zero-order valence-corrected chi connectivity index (χ0v) is 12.5. The first-order valence-electron chi connectivity index (χ1n) is 8.32. The molecule has 1 saturated heterocycles. The third-order valence-electron chi connectivity index (χ3n) is 4.86. The largest absolute Gasteiger partial charge is 0.393 e. The van der Waals surface area contributed by atoms with Crippen molar-refractivity contribution >= 4 is 0 Å². The van der Waals surface area contributed by atoms with Gasteiger partial charge < -0.3 is 9.84 Å². The molecule has 0 amide bonds. The number of unbranched alkanes of at least 4 members (excludes halogenated alkanes) is 1. The fourth-order valence-electron chi connectivity index (χ4n) is 3.73. The van der Waals surface area contributed by atoms with E-state index >= 15 is 0 Å². The van der Waals surface area contributed by atoms with Gasteiger partial charge in [0.05, 0.1) is 12.7 Å². The summed E-state index contributed by atoms with van der Waals surface area (Å²) >= 11 is 0. The first-order valence-corrected chi connectivity index (χ1v) is 8.32. The number of nitrogens with zero attached hydrogens (tertiary/aromatic N) is 1. The summed E-state index contributed by atoms with van der Waals surface area (Å²) in [6.07, 6.45) is 9.70. The van der Waals surface area contributed by atoms with Crippen LogP contribution in [-0.2, 0) is 4.74 Å². The van der Waals surface area contributed by atoms with Gasteiger partial charge in [0.2, 0.25) is 0 Å². The second kappa shape index (κ2) is 8.23. The molecule has 2 aliphatic rings. The molecule has 1 aliphatic heterocycles. The molecular weight excluding hydrogens is 238 g/mol. The lowest BCUT2D eigenvalue weighted by molar-refractivity contribution is 0.0159. The summed E-state index contributed by atoms with van der Waals surface area (Å²) in [5.41, 5.74) is 0. The van der Waals surface area contributed by atoms with E-state index in [4.69, 9.17) is 4.74 Å². The number of piperidine rings is 1. The van der Waals surface area contributed by atoms with Gasteiger partial charge in [0, 0.05) is 25.1 Å². The van der Waals surface area contributed by atoms with Crippen LogP contribution in [0.3, 0.4) is 0 Å². The van der Waals surface area contributed by atoms with Gasteiger partial charge in [-0.25, -0.2) is 0 Å². The maximum atomic E-state index is 10.1. The van der Waals surface area contributed by atoms with Gasteiger partial charge in [0.1, 0.15) is 0 Å². The number of ether oxygens (including phenoxy) is 1. The van der Waals surface area contributed by atoms with E-state index < -0.39 is 0 Å². The first kappa shape index (κ1) is 15.3. The summed E-state index contributed by atoms with van der Waals surface area (Å²) in [4.78, 5) is 2.59. The minimum atomic E-state index is -0.0494. The second-order valence-corrected chi connectivity index (χ2v) is 6.23. The molecule has 0 aromatic rings. The summed E-state index contributed by atoms with van der Waals surface area (Å²) in [6, 6.07) is 0.612. The van der Waals surface area contributed by atoms with Gasteiger partial charge in [-0.05, 0) is 38.6 Å². The number of likely N-dealkylation sites (tertiary alicyclic amines) is 1. The Hall–Kier alpha value is -0.120. The lowest BCUT2D eigenvalue weighted by Gasteiger charge is -2.40. The molecule has 0 spiro atoms. The molecular formula is C16H31NO2. The van der Waals surface area contributed by atoms with Crippen LogP contribution in [0.25, 0.3) is 0 Å². The predicted molar refractivity (Wildman–Crippen MR) is 78.3 cm³/mol. The van der Waals surface area contributed by atoms with Crippen LogP contribution in [0.2, 0.25) is 0 Å². The molecule has 0 aromatic heterocycles. The van der Waals surface area contributed by atoms with E-state index in [1.165, 1.54) is 51.5 Å². The average Bonchev–Trinajstić information content (AvgIpc) is 2.85. The third-order valence-corrected chi connectivity index (χ3v) is 4.86. The zero-order chi connectivity index (χ0) is 13.5. The molecule has 0 radical (unpaired) electrons. The van der Waals surface area contributed by atoms with Crippen LogP contribution in [0, 0.1) is 5.92 Å². The Morgan fingerprint density at radius 1 is 1.11 bits per heavy atom. The molecule has 3 unspecified atom stereocenters. The van der Waals surface area contributed by atoms with Gasteiger partial charge in [-0.15, -0.1) is 0 Å². The van der Waals surface area contributed by atoms with Crippen molar-refractivity contribution in [3.63, 3.8) is 0 Å². The summed E-state index contributed by atoms with van der Waals surface area (Å²) in [6.45, 7) is 6.22. The van der Waals surface area contributed by atoms with Gasteiger partial charge in [-0.3, -0.25) is 4.90 Å². The standard InChI is InChI=1S/C16H31NO2/c1-2-3-12-19-13-11-17-10-5-4-8-15(17)14-7-6-9-16(14)18/h14-16,18H,2-13H2,1H3. The Balaban J connectivity index is 1.75. The number of hydrogen-bond donors (Lipinski definition) is 1. The maximum absolute atomic E-state index is 10.1. The molecule has 2 fully saturated rings. The Morgan fingerprint density at radius 2 is 2.00 bits per heavy atom. The Bertz CT molecular complexity index is 247. The smallest absolute Gasteiger partial charge is 0.0593 e. The van der Waals surface area contributed by atoms with E-state index in [0.29, 0.717) is 12.0 Å². The second-order valence-electron chi connectivity index (χ2n) is 6.23. The normalized spacial score (nSPS) is 32.8. The van der Waals surface area contributed by atoms with Crippen molar-refractivity contribution < 1.29 is 9.84 Å². The molecule has 1 heterocycles. The van der Waals surface area contributed by atoms with Gasteiger partial charge in [-0.1, -0.05) is 26.2 Å². The molecule has 1 aliphatic carbocycles. The molecule has 1 N–H and O–H groups in total. The molecule has 1 saturated carbocycles. The highest BCUT2D eigenvalue weighted by Gasteiger charge is 2.36. The molecule has 0 aromatic carbocycles. The Morgan fingerprint density at radius 3 is 2.74 bits per heavy atom. The van der Waals surface area contributed by atoms with Crippen molar-refractivity contribution in [3.8, 4) is 0 Å². The van der Waals surface area contributed by atoms with E-state index in [9.17, 15) is 5.11 Å². The average molecular weight is 269 g/mol. The van der Waals surface area contributed by atoms with Crippen LogP contribution >= 0.6 is 0 Å². The molecule has 112 valence electrons. The summed E-state index contributed by atoms with van der Waals surface area (Å²) in [5, 5.41) is 10.1. The quantitative estimate of drug-likeness (QED) is 0.721. The lowest BCUT2D eigenvalue weighted by Crippen LogP contribution is -2.47. The summed E-state index contributed by atoms with van der Waals surface area (Å²) < 4.78 is 5.71. The highest BCUT2D eigenvalue weighted by molar-refractivity contribution is 4.90. The molecule has 3 heteroatoms. The van der Waals surface area contributed by atoms with Gasteiger partial charge in [-0.2, -0.15) is 0 Å². The third kappa shape index (κ3) is 4.44. The number of rotatable bonds is 7. The van der Waals surface area contributed by atoms with Crippen LogP contribution < -0.4 is 0 Å². The number of hydrogen-bond acceptors (Lipinski definition) is 3. The van der Waals surface area contributed by atoms with Gasteiger partial charge in [0.15, 0.2) is 0 Å². The molecule has 3 nitrogen and oxygen atoms in total. The monoisotopic (exact) mass is 269 g/mol. The highest BCUT2D eigenvalue weighted by Crippen LogP contribution is 2.34. The summed E-state index contributed by atoms with van der Waals surface area (Å²) in [5.74, 6) is 0.524. The fourth-order valence-corrected chi connectivity index (χ4v) is 3.73. The highest BCUT2D eigenvalue weighted by atomic mass is 16.5. The SMILES string of the molecule is CCCCOCCN1CCCCC1C1CCCC1O. The molecule has 0 bridgehead atoms. The molecule has 2 rings (SSSR count). The Kier molecular flexibility index (Phi) is 6.62.